The molecule has 3 aromatic rings. The molecule has 25 heavy (non-hydrogen) atoms. The summed E-state index contributed by atoms with van der Waals surface area (Å²) in [5, 5.41) is 7.65. The van der Waals surface area contributed by atoms with Crippen molar-refractivity contribution < 1.29 is 0 Å². The maximum absolute atomic E-state index is 4.61. The number of halogens is 1. The summed E-state index contributed by atoms with van der Waals surface area (Å²) in [6.45, 7) is 6.34. The predicted octanol–water partition coefficient (Wildman–Crippen LogP) is 3.02. The van der Waals surface area contributed by atoms with E-state index in [9.17, 15) is 0 Å². The Kier molecular flexibility index (Phi) is 7.63. The van der Waals surface area contributed by atoms with E-state index in [1.807, 2.05) is 35.0 Å². The van der Waals surface area contributed by atoms with Gasteiger partial charge >= 0.3 is 0 Å². The highest BCUT2D eigenvalue weighted by atomic mass is 127. The number of aryl methyl sites for hydroxylation is 1. The van der Waals surface area contributed by atoms with E-state index in [1.54, 1.807) is 11.3 Å². The first kappa shape index (κ1) is 19.6. The summed E-state index contributed by atoms with van der Waals surface area (Å²) in [5.41, 5.74) is 2.05. The molecule has 3 aromatic heterocycles. The summed E-state index contributed by atoms with van der Waals surface area (Å²) in [6.07, 6.45) is 6.82. The SMILES string of the molecule is CCNC(=NCc1ncc(C)s1)NCCc1cn2ccccc2n1.I. The lowest BCUT2D eigenvalue weighted by atomic mass is 10.3. The van der Waals surface area contributed by atoms with Crippen molar-refractivity contribution in [3.05, 3.63) is 52.4 Å². The van der Waals surface area contributed by atoms with Gasteiger partial charge in [0.1, 0.15) is 10.7 Å². The fourth-order valence-electron chi connectivity index (χ4n) is 2.38. The molecule has 0 bridgehead atoms. The van der Waals surface area contributed by atoms with E-state index >= 15 is 0 Å². The monoisotopic (exact) mass is 470 g/mol. The first-order valence-electron chi connectivity index (χ1n) is 8.10. The maximum atomic E-state index is 4.61. The zero-order valence-electron chi connectivity index (χ0n) is 14.4. The molecule has 3 rings (SSSR count). The summed E-state index contributed by atoms with van der Waals surface area (Å²) in [5.74, 6) is 0.814. The quantitative estimate of drug-likeness (QED) is 0.330. The average molecular weight is 470 g/mol. The predicted molar refractivity (Wildman–Crippen MR) is 114 cm³/mol. The summed E-state index contributed by atoms with van der Waals surface area (Å²) >= 11 is 1.68. The number of hydrogen-bond acceptors (Lipinski definition) is 4. The number of nitrogens with zero attached hydrogens (tertiary/aromatic N) is 4. The number of rotatable bonds is 6. The molecular formula is C17H23IN6S. The largest absolute Gasteiger partial charge is 0.357 e. The van der Waals surface area contributed by atoms with Gasteiger partial charge in [-0.25, -0.2) is 15.0 Å². The van der Waals surface area contributed by atoms with E-state index in [-0.39, 0.29) is 24.0 Å². The molecule has 134 valence electrons. The van der Waals surface area contributed by atoms with Crippen LogP contribution < -0.4 is 10.6 Å². The second-order valence-corrected chi connectivity index (χ2v) is 6.75. The van der Waals surface area contributed by atoms with Crippen LogP contribution in [0.5, 0.6) is 0 Å². The van der Waals surface area contributed by atoms with Gasteiger partial charge in [-0.2, -0.15) is 0 Å². The van der Waals surface area contributed by atoms with Crippen LogP contribution in [0.3, 0.4) is 0 Å². The van der Waals surface area contributed by atoms with Gasteiger partial charge in [-0.3, -0.25) is 0 Å². The lowest BCUT2D eigenvalue weighted by molar-refractivity contribution is 0.791. The number of imidazole rings is 1. The lowest BCUT2D eigenvalue weighted by Gasteiger charge is -2.10. The molecule has 0 saturated carbocycles. The molecular weight excluding hydrogens is 447 g/mol. The van der Waals surface area contributed by atoms with Crippen molar-refractivity contribution in [3.8, 4) is 0 Å². The van der Waals surface area contributed by atoms with Gasteiger partial charge in [0.25, 0.3) is 0 Å². The van der Waals surface area contributed by atoms with Crippen LogP contribution in [0.4, 0.5) is 0 Å². The minimum atomic E-state index is 0. The Morgan fingerprint density at radius 3 is 2.92 bits per heavy atom. The second kappa shape index (κ2) is 9.71. The molecule has 6 nitrogen and oxygen atoms in total. The molecule has 0 aliphatic rings. The first-order chi connectivity index (χ1) is 11.7. The average Bonchev–Trinajstić information content (AvgIpc) is 3.18. The third-order valence-electron chi connectivity index (χ3n) is 3.47. The van der Waals surface area contributed by atoms with E-state index in [4.69, 9.17) is 0 Å². The van der Waals surface area contributed by atoms with Crippen LogP contribution in [0.2, 0.25) is 0 Å². The van der Waals surface area contributed by atoms with Crippen molar-refractivity contribution in [2.24, 2.45) is 4.99 Å². The van der Waals surface area contributed by atoms with Crippen LogP contribution in [0.15, 0.2) is 41.8 Å². The van der Waals surface area contributed by atoms with Gasteiger partial charge in [0.05, 0.1) is 12.2 Å². The Balaban J connectivity index is 0.00000225. The topological polar surface area (TPSA) is 66.6 Å². The first-order valence-corrected chi connectivity index (χ1v) is 8.92. The number of thiazole rings is 1. The van der Waals surface area contributed by atoms with E-state index in [1.165, 1.54) is 4.88 Å². The smallest absolute Gasteiger partial charge is 0.191 e. The van der Waals surface area contributed by atoms with Crippen LogP contribution in [0, 0.1) is 6.92 Å². The van der Waals surface area contributed by atoms with Gasteiger partial charge in [-0.1, -0.05) is 6.07 Å². The number of guanidine groups is 1. The summed E-state index contributed by atoms with van der Waals surface area (Å²) in [4.78, 5) is 14.8. The third-order valence-corrected chi connectivity index (χ3v) is 4.37. The van der Waals surface area contributed by atoms with E-state index in [0.717, 1.165) is 41.8 Å². The fourth-order valence-corrected chi connectivity index (χ4v) is 3.09. The molecule has 3 heterocycles. The normalized spacial score (nSPS) is 11.4. The minimum Gasteiger partial charge on any atom is -0.357 e. The molecule has 0 aromatic carbocycles. The number of pyridine rings is 1. The molecule has 2 N–H and O–H groups in total. The summed E-state index contributed by atoms with van der Waals surface area (Å²) in [7, 11) is 0. The molecule has 0 amide bonds. The molecule has 0 saturated heterocycles. The molecule has 0 aliphatic carbocycles. The summed E-state index contributed by atoms with van der Waals surface area (Å²) < 4.78 is 2.04. The molecule has 0 fully saturated rings. The number of aliphatic imine (C=N–C) groups is 1. The summed E-state index contributed by atoms with van der Waals surface area (Å²) in [6, 6.07) is 6.02. The Bertz CT molecular complexity index is 792. The van der Waals surface area contributed by atoms with E-state index in [2.05, 4.69) is 45.6 Å². The number of hydrogen-bond donors (Lipinski definition) is 2. The number of nitrogens with one attached hydrogen (secondary N) is 2. The number of aromatic nitrogens is 3. The zero-order valence-corrected chi connectivity index (χ0v) is 17.5. The Hall–Kier alpha value is -1.68. The van der Waals surface area contributed by atoms with Crippen molar-refractivity contribution in [1.82, 2.24) is 25.0 Å². The number of fused-ring (bicyclic) bond motifs is 1. The van der Waals surface area contributed by atoms with Crippen molar-refractivity contribution in [2.45, 2.75) is 26.8 Å². The highest BCUT2D eigenvalue weighted by Crippen LogP contribution is 2.11. The van der Waals surface area contributed by atoms with Crippen LogP contribution in [-0.4, -0.2) is 33.4 Å². The van der Waals surface area contributed by atoms with Gasteiger partial charge < -0.3 is 15.0 Å². The van der Waals surface area contributed by atoms with Gasteiger partial charge in [-0.05, 0) is 26.0 Å². The lowest BCUT2D eigenvalue weighted by Crippen LogP contribution is -2.38. The van der Waals surface area contributed by atoms with Gasteiger partial charge in [0, 0.05) is 43.0 Å². The van der Waals surface area contributed by atoms with Crippen molar-refractivity contribution in [1.29, 1.82) is 0 Å². The Morgan fingerprint density at radius 2 is 2.20 bits per heavy atom. The van der Waals surface area contributed by atoms with Gasteiger partial charge in [-0.15, -0.1) is 35.3 Å². The standard InChI is InChI=1S/C17H22N6S.HI/c1-3-18-17(21-11-16-20-10-13(2)24-16)19-8-7-14-12-23-9-5-4-6-15(23)22-14;/h4-6,9-10,12H,3,7-8,11H2,1-2H3,(H2,18,19,21);1H. The van der Waals surface area contributed by atoms with Crippen molar-refractivity contribution >= 4 is 46.9 Å². The van der Waals surface area contributed by atoms with Crippen LogP contribution >= 0.6 is 35.3 Å². The van der Waals surface area contributed by atoms with Gasteiger partial charge in [0.15, 0.2) is 5.96 Å². The molecule has 0 radical (unpaired) electrons. The van der Waals surface area contributed by atoms with Crippen molar-refractivity contribution in [2.75, 3.05) is 13.1 Å². The second-order valence-electron chi connectivity index (χ2n) is 5.43. The molecule has 8 heteroatoms. The van der Waals surface area contributed by atoms with Gasteiger partial charge in [0.2, 0.25) is 0 Å². The van der Waals surface area contributed by atoms with Crippen LogP contribution in [0.25, 0.3) is 5.65 Å². The highest BCUT2D eigenvalue weighted by Gasteiger charge is 2.03. The van der Waals surface area contributed by atoms with E-state index < -0.39 is 0 Å². The Morgan fingerprint density at radius 1 is 1.32 bits per heavy atom. The van der Waals surface area contributed by atoms with Crippen molar-refractivity contribution in [3.63, 3.8) is 0 Å². The van der Waals surface area contributed by atoms with Crippen LogP contribution in [-0.2, 0) is 13.0 Å². The third kappa shape index (κ3) is 5.67. The fraction of sp³-hybridized carbons (Fsp3) is 0.353. The molecule has 0 atom stereocenters. The zero-order chi connectivity index (χ0) is 16.8. The van der Waals surface area contributed by atoms with Crippen LogP contribution in [0.1, 0.15) is 22.5 Å². The highest BCUT2D eigenvalue weighted by molar-refractivity contribution is 14.0. The Labute approximate surface area is 168 Å². The van der Waals surface area contributed by atoms with E-state index in [0.29, 0.717) is 6.54 Å². The molecule has 0 unspecified atom stereocenters. The molecule has 0 aliphatic heterocycles. The molecule has 0 spiro atoms. The minimum absolute atomic E-state index is 0. The maximum Gasteiger partial charge on any atom is 0.191 e.